The van der Waals surface area contributed by atoms with Crippen molar-refractivity contribution in [3.05, 3.63) is 40.4 Å². The van der Waals surface area contributed by atoms with Crippen molar-refractivity contribution in [1.29, 1.82) is 0 Å². The van der Waals surface area contributed by atoms with Crippen LogP contribution < -0.4 is 10.5 Å². The molecule has 1 aliphatic heterocycles. The van der Waals surface area contributed by atoms with E-state index >= 15 is 0 Å². The molecule has 8 nitrogen and oxygen atoms in total. The monoisotopic (exact) mass is 386 g/mol. The van der Waals surface area contributed by atoms with E-state index in [0.717, 1.165) is 42.1 Å². The maximum Gasteiger partial charge on any atom is 0.261 e. The Morgan fingerprint density at radius 1 is 1.19 bits per heavy atom. The summed E-state index contributed by atoms with van der Waals surface area (Å²) in [5, 5.41) is 10.2. The maximum atomic E-state index is 12.6. The van der Waals surface area contributed by atoms with Gasteiger partial charge in [-0.2, -0.15) is 0 Å². The molecule has 3 heterocycles. The van der Waals surface area contributed by atoms with Crippen LogP contribution in [0.2, 0.25) is 0 Å². The molecule has 0 saturated carbocycles. The highest BCUT2D eigenvalue weighted by molar-refractivity contribution is 7.98. The van der Waals surface area contributed by atoms with E-state index < -0.39 is 0 Å². The minimum Gasteiger partial charge on any atom is -0.378 e. The molecule has 27 heavy (non-hydrogen) atoms. The molecule has 1 aliphatic rings. The van der Waals surface area contributed by atoms with Crippen molar-refractivity contribution in [2.24, 2.45) is 7.05 Å². The predicted octanol–water partition coefficient (Wildman–Crippen LogP) is 1.67. The molecule has 0 radical (unpaired) electrons. The molecule has 0 atom stereocenters. The number of hydrogen-bond donors (Lipinski definition) is 0. The van der Waals surface area contributed by atoms with Gasteiger partial charge in [-0.3, -0.25) is 13.9 Å². The first-order chi connectivity index (χ1) is 13.2. The van der Waals surface area contributed by atoms with Crippen molar-refractivity contribution in [1.82, 2.24) is 24.3 Å². The zero-order chi connectivity index (χ0) is 18.8. The second-order valence-corrected chi connectivity index (χ2v) is 7.27. The number of anilines is 1. The Morgan fingerprint density at radius 3 is 2.74 bits per heavy atom. The summed E-state index contributed by atoms with van der Waals surface area (Å²) in [4.78, 5) is 19.4. The first-order valence-electron chi connectivity index (χ1n) is 9.02. The summed E-state index contributed by atoms with van der Waals surface area (Å²) in [6, 6.07) is 7.44. The van der Waals surface area contributed by atoms with Crippen molar-refractivity contribution < 1.29 is 4.74 Å². The van der Waals surface area contributed by atoms with E-state index in [-0.39, 0.29) is 5.56 Å². The summed E-state index contributed by atoms with van der Waals surface area (Å²) in [7, 11) is 1.77. The van der Waals surface area contributed by atoms with Gasteiger partial charge in [0.05, 0.1) is 29.9 Å². The third-order valence-electron chi connectivity index (χ3n) is 4.71. The number of para-hydroxylation sites is 1. The third-order valence-corrected chi connectivity index (χ3v) is 5.68. The molecule has 9 heteroatoms. The Labute approximate surface area is 161 Å². The van der Waals surface area contributed by atoms with Crippen LogP contribution in [0.1, 0.15) is 12.7 Å². The van der Waals surface area contributed by atoms with Crippen LogP contribution in [0.25, 0.3) is 10.9 Å². The second kappa shape index (κ2) is 7.69. The molecule has 0 unspecified atom stereocenters. The zero-order valence-corrected chi connectivity index (χ0v) is 16.3. The van der Waals surface area contributed by atoms with Crippen LogP contribution >= 0.6 is 11.8 Å². The van der Waals surface area contributed by atoms with Crippen LogP contribution in [0, 0.1) is 0 Å². The highest BCUT2D eigenvalue weighted by Gasteiger charge is 2.20. The molecule has 142 valence electrons. The van der Waals surface area contributed by atoms with Crippen LogP contribution in [0.5, 0.6) is 0 Å². The van der Waals surface area contributed by atoms with Crippen LogP contribution in [0.15, 0.2) is 34.2 Å². The average Bonchev–Trinajstić information content (AvgIpc) is 3.13. The van der Waals surface area contributed by atoms with Gasteiger partial charge in [-0.15, -0.1) is 10.2 Å². The minimum absolute atomic E-state index is 0.0258. The molecule has 0 amide bonds. The highest BCUT2D eigenvalue weighted by atomic mass is 32.2. The van der Waals surface area contributed by atoms with Crippen molar-refractivity contribution >= 4 is 28.6 Å². The number of rotatable bonds is 5. The van der Waals surface area contributed by atoms with Gasteiger partial charge in [0, 0.05) is 26.7 Å². The van der Waals surface area contributed by atoms with Crippen molar-refractivity contribution in [3.63, 3.8) is 0 Å². The number of thioether (sulfide) groups is 1. The topological polar surface area (TPSA) is 78.1 Å². The Bertz CT molecular complexity index is 1010. The summed E-state index contributed by atoms with van der Waals surface area (Å²) in [5.74, 6) is 2.16. The van der Waals surface area contributed by atoms with Crippen LogP contribution in [-0.4, -0.2) is 50.6 Å². The molecule has 1 aromatic carbocycles. The van der Waals surface area contributed by atoms with Gasteiger partial charge in [-0.25, -0.2) is 4.98 Å². The lowest BCUT2D eigenvalue weighted by Gasteiger charge is -2.27. The first kappa shape index (κ1) is 18.0. The lowest BCUT2D eigenvalue weighted by Crippen LogP contribution is -2.38. The van der Waals surface area contributed by atoms with Crippen LogP contribution in [0.3, 0.4) is 0 Å². The highest BCUT2D eigenvalue weighted by Crippen LogP contribution is 2.25. The molecule has 0 aliphatic carbocycles. The van der Waals surface area contributed by atoms with E-state index in [4.69, 9.17) is 4.74 Å². The lowest BCUT2D eigenvalue weighted by atomic mass is 10.2. The molecule has 1 saturated heterocycles. The summed E-state index contributed by atoms with van der Waals surface area (Å²) < 4.78 is 9.14. The number of hydrogen-bond acceptors (Lipinski definition) is 7. The Morgan fingerprint density at radius 2 is 1.96 bits per heavy atom. The molecule has 0 N–H and O–H groups in total. The SMILES string of the molecule is CCn1c(SCc2nc3ccccc3c(=O)n2C)nnc1N1CCOCC1. The predicted molar refractivity (Wildman–Crippen MR) is 105 cm³/mol. The van der Waals surface area contributed by atoms with Gasteiger partial charge in [0.25, 0.3) is 5.56 Å². The van der Waals surface area contributed by atoms with Gasteiger partial charge >= 0.3 is 0 Å². The number of morpholine rings is 1. The van der Waals surface area contributed by atoms with E-state index in [1.807, 2.05) is 24.3 Å². The van der Waals surface area contributed by atoms with E-state index in [2.05, 4.69) is 31.6 Å². The Kier molecular flexibility index (Phi) is 5.13. The summed E-state index contributed by atoms with van der Waals surface area (Å²) in [6.07, 6.45) is 0. The molecular weight excluding hydrogens is 364 g/mol. The van der Waals surface area contributed by atoms with E-state index in [9.17, 15) is 4.79 Å². The number of ether oxygens (including phenoxy) is 1. The van der Waals surface area contributed by atoms with Gasteiger partial charge in [0.1, 0.15) is 5.82 Å². The average molecular weight is 386 g/mol. The van der Waals surface area contributed by atoms with Crippen LogP contribution in [-0.2, 0) is 24.1 Å². The van der Waals surface area contributed by atoms with Crippen LogP contribution in [0.4, 0.5) is 5.95 Å². The number of nitrogens with zero attached hydrogens (tertiary/aromatic N) is 6. The quantitative estimate of drug-likeness (QED) is 0.617. The molecule has 3 aromatic rings. The normalized spacial score (nSPS) is 14.8. The summed E-state index contributed by atoms with van der Waals surface area (Å²) >= 11 is 1.55. The molecule has 0 bridgehead atoms. The standard InChI is InChI=1S/C18H22N6O2S/c1-3-24-17(23-8-10-26-11-9-23)20-21-18(24)27-12-15-19-14-7-5-4-6-13(14)16(25)22(15)2/h4-7H,3,8-12H2,1-2H3. The van der Waals surface area contributed by atoms with Crippen molar-refractivity contribution in [2.75, 3.05) is 31.2 Å². The van der Waals surface area contributed by atoms with Gasteiger partial charge < -0.3 is 9.64 Å². The van der Waals surface area contributed by atoms with Crippen molar-refractivity contribution in [2.45, 2.75) is 24.4 Å². The van der Waals surface area contributed by atoms with E-state index in [0.29, 0.717) is 24.4 Å². The lowest BCUT2D eigenvalue weighted by molar-refractivity contribution is 0.121. The molecule has 0 spiro atoms. The molecule has 4 rings (SSSR count). The summed E-state index contributed by atoms with van der Waals surface area (Å²) in [6.45, 7) is 5.94. The van der Waals surface area contributed by atoms with E-state index in [1.54, 1.807) is 23.4 Å². The number of aromatic nitrogens is 5. The van der Waals surface area contributed by atoms with Gasteiger partial charge in [0.2, 0.25) is 5.95 Å². The fourth-order valence-electron chi connectivity index (χ4n) is 3.18. The smallest absolute Gasteiger partial charge is 0.261 e. The first-order valence-corrected chi connectivity index (χ1v) is 10.0. The van der Waals surface area contributed by atoms with Gasteiger partial charge in [-0.1, -0.05) is 23.9 Å². The summed E-state index contributed by atoms with van der Waals surface area (Å²) in [5.41, 5.74) is 0.698. The molecule has 1 fully saturated rings. The Balaban J connectivity index is 1.59. The molecule has 2 aromatic heterocycles. The van der Waals surface area contributed by atoms with Gasteiger partial charge in [0.15, 0.2) is 5.16 Å². The third kappa shape index (κ3) is 3.44. The number of fused-ring (bicyclic) bond motifs is 1. The fourth-order valence-corrected chi connectivity index (χ4v) is 4.17. The van der Waals surface area contributed by atoms with Gasteiger partial charge in [-0.05, 0) is 19.1 Å². The minimum atomic E-state index is -0.0258. The second-order valence-electron chi connectivity index (χ2n) is 6.32. The molecular formula is C18H22N6O2S. The van der Waals surface area contributed by atoms with Crippen molar-refractivity contribution in [3.8, 4) is 0 Å². The van der Waals surface area contributed by atoms with E-state index in [1.165, 1.54) is 0 Å². The Hall–Kier alpha value is -2.39. The zero-order valence-electron chi connectivity index (χ0n) is 15.5. The fraction of sp³-hybridized carbons (Fsp3) is 0.444. The maximum absolute atomic E-state index is 12.6. The number of benzene rings is 1. The largest absolute Gasteiger partial charge is 0.378 e.